The van der Waals surface area contributed by atoms with Gasteiger partial charge in [0.25, 0.3) is 0 Å². The van der Waals surface area contributed by atoms with Crippen LogP contribution in [0.3, 0.4) is 0 Å². The number of hydrogen-bond donors (Lipinski definition) is 1. The molecule has 0 aliphatic carbocycles. The normalized spacial score (nSPS) is 23.6. The van der Waals surface area contributed by atoms with Gasteiger partial charge in [0.05, 0.1) is 6.61 Å². The summed E-state index contributed by atoms with van der Waals surface area (Å²) in [7, 11) is 2.20. The lowest BCUT2D eigenvalue weighted by Crippen LogP contribution is -2.44. The fraction of sp³-hybridized carbons (Fsp3) is 1.00. The topological polar surface area (TPSA) is 24.5 Å². The molecule has 3 nitrogen and oxygen atoms in total. The lowest BCUT2D eigenvalue weighted by atomic mass is 10.1. The summed E-state index contributed by atoms with van der Waals surface area (Å²) in [5.41, 5.74) is 0. The van der Waals surface area contributed by atoms with Crippen LogP contribution >= 0.6 is 0 Å². The molecule has 90 valence electrons. The first kappa shape index (κ1) is 12.9. The molecule has 0 aromatic heterocycles. The number of nitrogens with zero attached hydrogens (tertiary/aromatic N) is 1. The average Bonchev–Trinajstić information content (AvgIpc) is 2.17. The standard InChI is InChI=1S/C12H26N2O/c1-11(2)10-15-8-6-13-12-5-4-7-14(3)9-12/h11-13H,4-10H2,1-3H3. The minimum absolute atomic E-state index is 0.644. The highest BCUT2D eigenvalue weighted by Gasteiger charge is 2.15. The Kier molecular flexibility index (Phi) is 6.22. The zero-order chi connectivity index (χ0) is 11.1. The lowest BCUT2D eigenvalue weighted by Gasteiger charge is -2.30. The SMILES string of the molecule is CC(C)COCCNC1CCCN(C)C1. The summed E-state index contributed by atoms with van der Waals surface area (Å²) in [4.78, 5) is 2.40. The first-order valence-corrected chi connectivity index (χ1v) is 6.18. The highest BCUT2D eigenvalue weighted by molar-refractivity contribution is 4.75. The molecule has 1 saturated heterocycles. The Bertz CT molecular complexity index is 162. The number of likely N-dealkylation sites (N-methyl/N-ethyl adjacent to an activating group) is 1. The number of ether oxygens (including phenoxy) is 1. The summed E-state index contributed by atoms with van der Waals surface area (Å²) in [6.45, 7) is 9.52. The van der Waals surface area contributed by atoms with Crippen LogP contribution in [0.2, 0.25) is 0 Å². The molecule has 15 heavy (non-hydrogen) atoms. The van der Waals surface area contributed by atoms with Gasteiger partial charge >= 0.3 is 0 Å². The summed E-state index contributed by atoms with van der Waals surface area (Å²) in [6.07, 6.45) is 2.63. The van der Waals surface area contributed by atoms with Crippen molar-refractivity contribution < 1.29 is 4.74 Å². The third-order valence-electron chi connectivity index (χ3n) is 2.76. The van der Waals surface area contributed by atoms with E-state index in [4.69, 9.17) is 4.74 Å². The van der Waals surface area contributed by atoms with Gasteiger partial charge in [0.15, 0.2) is 0 Å². The molecule has 0 bridgehead atoms. The van der Waals surface area contributed by atoms with Crippen molar-refractivity contribution in [1.29, 1.82) is 0 Å². The van der Waals surface area contributed by atoms with E-state index in [0.29, 0.717) is 12.0 Å². The van der Waals surface area contributed by atoms with Crippen molar-refractivity contribution in [3.05, 3.63) is 0 Å². The molecule has 1 aliphatic heterocycles. The summed E-state index contributed by atoms with van der Waals surface area (Å²) >= 11 is 0. The van der Waals surface area contributed by atoms with Crippen molar-refractivity contribution in [1.82, 2.24) is 10.2 Å². The summed E-state index contributed by atoms with van der Waals surface area (Å²) in [5, 5.41) is 3.56. The van der Waals surface area contributed by atoms with E-state index in [0.717, 1.165) is 19.8 Å². The van der Waals surface area contributed by atoms with Gasteiger partial charge < -0.3 is 15.0 Å². The second-order valence-electron chi connectivity index (χ2n) is 5.02. The summed E-state index contributed by atoms with van der Waals surface area (Å²) in [5.74, 6) is 0.644. The van der Waals surface area contributed by atoms with Crippen molar-refractivity contribution in [2.45, 2.75) is 32.7 Å². The van der Waals surface area contributed by atoms with Crippen LogP contribution in [-0.4, -0.2) is 50.8 Å². The fourth-order valence-electron chi connectivity index (χ4n) is 1.99. The molecule has 0 saturated carbocycles. The third kappa shape index (κ3) is 6.13. The Labute approximate surface area is 94.2 Å². The molecule has 1 unspecified atom stereocenters. The van der Waals surface area contributed by atoms with E-state index < -0.39 is 0 Å². The molecule has 1 rings (SSSR count). The predicted molar refractivity (Wildman–Crippen MR) is 64.2 cm³/mol. The molecule has 0 aromatic carbocycles. The minimum Gasteiger partial charge on any atom is -0.380 e. The lowest BCUT2D eigenvalue weighted by molar-refractivity contribution is 0.107. The van der Waals surface area contributed by atoms with Crippen LogP contribution in [0.5, 0.6) is 0 Å². The van der Waals surface area contributed by atoms with Crippen LogP contribution in [-0.2, 0) is 4.74 Å². The monoisotopic (exact) mass is 214 g/mol. The first-order chi connectivity index (χ1) is 7.18. The van der Waals surface area contributed by atoms with E-state index in [-0.39, 0.29) is 0 Å². The van der Waals surface area contributed by atoms with E-state index in [9.17, 15) is 0 Å². The van der Waals surface area contributed by atoms with E-state index in [1.54, 1.807) is 0 Å². The summed E-state index contributed by atoms with van der Waals surface area (Å²) < 4.78 is 5.54. The Morgan fingerprint density at radius 1 is 1.47 bits per heavy atom. The minimum atomic E-state index is 0.644. The van der Waals surface area contributed by atoms with Gasteiger partial charge in [-0.05, 0) is 32.4 Å². The second-order valence-corrected chi connectivity index (χ2v) is 5.02. The molecule has 3 heteroatoms. The Balaban J connectivity index is 1.95. The molecule has 1 fully saturated rings. The molecule has 1 atom stereocenters. The van der Waals surface area contributed by atoms with Crippen LogP contribution < -0.4 is 5.32 Å². The third-order valence-corrected chi connectivity index (χ3v) is 2.76. The van der Waals surface area contributed by atoms with E-state index in [2.05, 4.69) is 31.1 Å². The Morgan fingerprint density at radius 2 is 2.27 bits per heavy atom. The maximum Gasteiger partial charge on any atom is 0.0591 e. The molecule has 0 radical (unpaired) electrons. The van der Waals surface area contributed by atoms with Crippen molar-refractivity contribution in [2.75, 3.05) is 39.9 Å². The van der Waals surface area contributed by atoms with Crippen LogP contribution in [0.25, 0.3) is 0 Å². The molecule has 0 aromatic rings. The van der Waals surface area contributed by atoms with Gasteiger partial charge in [0.2, 0.25) is 0 Å². The predicted octanol–water partition coefficient (Wildman–Crippen LogP) is 1.34. The van der Waals surface area contributed by atoms with Gasteiger partial charge in [-0.2, -0.15) is 0 Å². The van der Waals surface area contributed by atoms with Gasteiger partial charge in [0.1, 0.15) is 0 Å². The molecule has 1 N–H and O–H groups in total. The van der Waals surface area contributed by atoms with Gasteiger partial charge in [-0.1, -0.05) is 13.8 Å². The quantitative estimate of drug-likeness (QED) is 0.675. The zero-order valence-corrected chi connectivity index (χ0v) is 10.5. The average molecular weight is 214 g/mol. The highest BCUT2D eigenvalue weighted by Crippen LogP contribution is 2.07. The number of nitrogens with one attached hydrogen (secondary N) is 1. The molecule has 0 amide bonds. The second kappa shape index (κ2) is 7.20. The van der Waals surface area contributed by atoms with Crippen LogP contribution in [0.15, 0.2) is 0 Å². The van der Waals surface area contributed by atoms with Crippen LogP contribution in [0.4, 0.5) is 0 Å². The van der Waals surface area contributed by atoms with Crippen LogP contribution in [0.1, 0.15) is 26.7 Å². The Hall–Kier alpha value is -0.120. The number of piperidine rings is 1. The van der Waals surface area contributed by atoms with Gasteiger partial charge in [-0.25, -0.2) is 0 Å². The maximum atomic E-state index is 5.54. The van der Waals surface area contributed by atoms with E-state index in [1.807, 2.05) is 0 Å². The molecular weight excluding hydrogens is 188 g/mol. The van der Waals surface area contributed by atoms with Crippen molar-refractivity contribution in [2.24, 2.45) is 5.92 Å². The van der Waals surface area contributed by atoms with Gasteiger partial charge in [-0.3, -0.25) is 0 Å². The number of rotatable bonds is 6. The number of hydrogen-bond acceptors (Lipinski definition) is 3. The molecular formula is C12H26N2O. The highest BCUT2D eigenvalue weighted by atomic mass is 16.5. The van der Waals surface area contributed by atoms with Crippen molar-refractivity contribution in [3.8, 4) is 0 Å². The Morgan fingerprint density at radius 3 is 2.93 bits per heavy atom. The molecule has 1 heterocycles. The zero-order valence-electron chi connectivity index (χ0n) is 10.5. The summed E-state index contributed by atoms with van der Waals surface area (Å²) in [6, 6.07) is 0.673. The largest absolute Gasteiger partial charge is 0.380 e. The van der Waals surface area contributed by atoms with Gasteiger partial charge in [-0.15, -0.1) is 0 Å². The van der Waals surface area contributed by atoms with E-state index in [1.165, 1.54) is 25.9 Å². The van der Waals surface area contributed by atoms with E-state index >= 15 is 0 Å². The van der Waals surface area contributed by atoms with Gasteiger partial charge in [0, 0.05) is 25.7 Å². The maximum absolute atomic E-state index is 5.54. The molecule has 1 aliphatic rings. The van der Waals surface area contributed by atoms with Crippen LogP contribution in [0, 0.1) is 5.92 Å². The van der Waals surface area contributed by atoms with Crippen molar-refractivity contribution in [3.63, 3.8) is 0 Å². The van der Waals surface area contributed by atoms with Crippen molar-refractivity contribution >= 4 is 0 Å². The first-order valence-electron chi connectivity index (χ1n) is 6.18. The number of likely N-dealkylation sites (tertiary alicyclic amines) is 1. The fourth-order valence-corrected chi connectivity index (χ4v) is 1.99. The molecule has 0 spiro atoms. The smallest absolute Gasteiger partial charge is 0.0591 e.